The zero-order valence-electron chi connectivity index (χ0n) is 28.4. The Hall–Kier alpha value is -4.84. The Labute approximate surface area is 274 Å². The van der Waals surface area contributed by atoms with Crippen LogP contribution in [0.5, 0.6) is 11.5 Å². The number of amides is 2. The van der Waals surface area contributed by atoms with E-state index >= 15 is 0 Å². The Kier molecular flexibility index (Phi) is 12.8. The fourth-order valence-electron chi connectivity index (χ4n) is 4.51. The van der Waals surface area contributed by atoms with E-state index in [-0.39, 0.29) is 22.6 Å². The van der Waals surface area contributed by atoms with Crippen LogP contribution in [-0.4, -0.2) is 26.0 Å². The van der Waals surface area contributed by atoms with Crippen LogP contribution in [0.25, 0.3) is 12.2 Å². The molecular formula is C40H48N2O4. The molecule has 0 bridgehead atoms. The smallest absolute Gasteiger partial charge is 0.244 e. The van der Waals surface area contributed by atoms with Gasteiger partial charge in [-0.05, 0) is 45.2 Å². The van der Waals surface area contributed by atoms with Crippen LogP contribution in [0.4, 0.5) is 0 Å². The summed E-state index contributed by atoms with van der Waals surface area (Å²) >= 11 is 0. The third kappa shape index (κ3) is 11.3. The van der Waals surface area contributed by atoms with Gasteiger partial charge in [-0.2, -0.15) is 0 Å². The van der Waals surface area contributed by atoms with Crippen molar-refractivity contribution in [2.24, 2.45) is 0 Å². The minimum atomic E-state index is -0.183. The van der Waals surface area contributed by atoms with Crippen LogP contribution in [0.15, 0.2) is 97.1 Å². The molecular weight excluding hydrogens is 572 g/mol. The molecule has 6 nitrogen and oxygen atoms in total. The van der Waals surface area contributed by atoms with Crippen molar-refractivity contribution in [3.63, 3.8) is 0 Å². The van der Waals surface area contributed by atoms with Crippen molar-refractivity contribution in [1.82, 2.24) is 10.6 Å². The number of methoxy groups -OCH3 is 2. The maximum atomic E-state index is 12.3. The number of hydrogen-bond donors (Lipinski definition) is 2. The molecule has 46 heavy (non-hydrogen) atoms. The summed E-state index contributed by atoms with van der Waals surface area (Å²) in [5, 5.41) is 5.79. The van der Waals surface area contributed by atoms with Crippen molar-refractivity contribution in [3.8, 4) is 11.5 Å². The molecule has 0 unspecified atom stereocenters. The van der Waals surface area contributed by atoms with E-state index < -0.39 is 0 Å². The second-order valence-corrected chi connectivity index (χ2v) is 13.1. The van der Waals surface area contributed by atoms with Crippen LogP contribution in [0, 0.1) is 0 Å². The summed E-state index contributed by atoms with van der Waals surface area (Å²) in [5.74, 6) is 1.23. The third-order valence-corrected chi connectivity index (χ3v) is 7.42. The first-order chi connectivity index (χ1) is 21.8. The summed E-state index contributed by atoms with van der Waals surface area (Å²) in [7, 11) is 3.32. The predicted octanol–water partition coefficient (Wildman–Crippen LogP) is 8.07. The van der Waals surface area contributed by atoms with E-state index in [1.807, 2.05) is 60.7 Å². The summed E-state index contributed by atoms with van der Waals surface area (Å²) in [6.45, 7) is 13.8. The highest BCUT2D eigenvalue weighted by molar-refractivity contribution is 5.88. The van der Waals surface area contributed by atoms with Crippen LogP contribution in [0.3, 0.4) is 0 Å². The highest BCUT2D eigenvalue weighted by atomic mass is 16.5. The van der Waals surface area contributed by atoms with Crippen LogP contribution < -0.4 is 20.1 Å². The Balaban J connectivity index is 1.42. The molecule has 0 aliphatic rings. The number of carbonyl (C=O) groups excluding carboxylic acids is 2. The fourth-order valence-corrected chi connectivity index (χ4v) is 4.51. The lowest BCUT2D eigenvalue weighted by Gasteiger charge is -2.20. The molecule has 0 aromatic heterocycles. The van der Waals surface area contributed by atoms with E-state index in [4.69, 9.17) is 9.47 Å². The first-order valence-corrected chi connectivity index (χ1v) is 15.5. The van der Waals surface area contributed by atoms with Gasteiger partial charge in [-0.3, -0.25) is 9.59 Å². The average Bonchev–Trinajstić information content (AvgIpc) is 3.02. The van der Waals surface area contributed by atoms with Crippen molar-refractivity contribution in [1.29, 1.82) is 0 Å². The quantitative estimate of drug-likeness (QED) is 0.159. The highest BCUT2D eigenvalue weighted by Crippen LogP contribution is 2.30. The molecule has 2 amide bonds. The molecule has 0 aliphatic carbocycles. The number of nitrogens with one attached hydrogen (secondary N) is 2. The monoisotopic (exact) mass is 620 g/mol. The molecule has 0 atom stereocenters. The van der Waals surface area contributed by atoms with Gasteiger partial charge in [0.05, 0.1) is 14.2 Å². The van der Waals surface area contributed by atoms with Gasteiger partial charge in [-0.1, -0.05) is 127 Å². The van der Waals surface area contributed by atoms with Crippen LogP contribution in [0.2, 0.25) is 0 Å². The van der Waals surface area contributed by atoms with Gasteiger partial charge in [-0.15, -0.1) is 0 Å². The lowest BCUT2D eigenvalue weighted by Crippen LogP contribution is -2.21. The van der Waals surface area contributed by atoms with Gasteiger partial charge >= 0.3 is 0 Å². The molecule has 3 aromatic rings. The summed E-state index contributed by atoms with van der Waals surface area (Å²) in [4.78, 5) is 24.6. The van der Waals surface area contributed by atoms with E-state index in [9.17, 15) is 9.59 Å². The summed E-state index contributed by atoms with van der Waals surface area (Å²) in [5.41, 5.74) is 6.30. The largest absolute Gasteiger partial charge is 0.496 e. The maximum Gasteiger partial charge on any atom is 0.244 e. The van der Waals surface area contributed by atoms with Crippen molar-refractivity contribution in [3.05, 3.63) is 131 Å². The van der Waals surface area contributed by atoms with E-state index in [0.29, 0.717) is 13.1 Å². The van der Waals surface area contributed by atoms with Gasteiger partial charge in [0.1, 0.15) is 11.5 Å². The minimum absolute atomic E-state index is 0.0378. The minimum Gasteiger partial charge on any atom is -0.496 e. The predicted molar refractivity (Wildman–Crippen MR) is 190 cm³/mol. The van der Waals surface area contributed by atoms with Crippen molar-refractivity contribution < 1.29 is 19.1 Å². The first kappa shape index (κ1) is 35.6. The van der Waals surface area contributed by atoms with Crippen LogP contribution in [-0.2, 0) is 33.5 Å². The van der Waals surface area contributed by atoms with Crippen molar-refractivity contribution >= 4 is 24.0 Å². The Bertz CT molecular complexity index is 1480. The molecule has 0 fully saturated rings. The Morgan fingerprint density at radius 3 is 1.28 bits per heavy atom. The number of hydrogen-bond acceptors (Lipinski definition) is 4. The molecule has 0 aliphatic heterocycles. The van der Waals surface area contributed by atoms with Gasteiger partial charge < -0.3 is 20.1 Å². The number of rotatable bonds is 12. The zero-order valence-corrected chi connectivity index (χ0v) is 28.4. The second-order valence-electron chi connectivity index (χ2n) is 13.1. The van der Waals surface area contributed by atoms with Crippen LogP contribution in [0.1, 0.15) is 74.9 Å². The number of benzene rings is 3. The normalized spacial score (nSPS) is 12.3. The SMILES string of the molecule is COc1cc(C(C)(C)C)ccc1/C=C/C=C/C(=O)NCc1ccc(CNC(=O)/C=C/C=C/c2ccc(C(C)(C)C)cc2OC)cc1. The lowest BCUT2D eigenvalue weighted by atomic mass is 9.86. The summed E-state index contributed by atoms with van der Waals surface area (Å²) in [6.07, 6.45) is 13.9. The summed E-state index contributed by atoms with van der Waals surface area (Å²) in [6, 6.07) is 20.1. The van der Waals surface area contributed by atoms with Gasteiger partial charge in [-0.25, -0.2) is 0 Å². The zero-order chi connectivity index (χ0) is 33.7. The van der Waals surface area contributed by atoms with Gasteiger partial charge in [0.2, 0.25) is 11.8 Å². The second kappa shape index (κ2) is 16.5. The van der Waals surface area contributed by atoms with Gasteiger partial charge in [0.25, 0.3) is 0 Å². The molecule has 0 saturated heterocycles. The maximum absolute atomic E-state index is 12.3. The van der Waals surface area contributed by atoms with E-state index in [2.05, 4.69) is 76.4 Å². The standard InChI is InChI=1S/C40H48N2O4/c1-39(2,3)33-23-21-31(35(25-33)45-7)13-9-11-15-37(43)41-27-29-17-19-30(20-18-29)28-42-38(44)16-12-10-14-32-22-24-34(40(4,5)6)26-36(32)46-8/h9-26H,27-28H2,1-8H3,(H,41,43)(H,42,44)/b13-9+,14-10+,15-11+,16-12+. The number of allylic oxidation sites excluding steroid dienone is 4. The van der Waals surface area contributed by atoms with E-state index in [1.54, 1.807) is 26.4 Å². The third-order valence-electron chi connectivity index (χ3n) is 7.42. The Morgan fingerprint density at radius 1 is 0.587 bits per heavy atom. The van der Waals surface area contributed by atoms with Crippen molar-refractivity contribution in [2.45, 2.75) is 65.5 Å². The molecule has 2 N–H and O–H groups in total. The molecule has 0 heterocycles. The molecule has 0 saturated carbocycles. The molecule has 3 rings (SSSR count). The van der Waals surface area contributed by atoms with Crippen LogP contribution >= 0.6 is 0 Å². The highest BCUT2D eigenvalue weighted by Gasteiger charge is 2.16. The van der Waals surface area contributed by atoms with Gasteiger partial charge in [0.15, 0.2) is 0 Å². The topological polar surface area (TPSA) is 76.7 Å². The van der Waals surface area contributed by atoms with Gasteiger partial charge in [0, 0.05) is 36.4 Å². The number of carbonyl (C=O) groups is 2. The van der Waals surface area contributed by atoms with E-state index in [0.717, 1.165) is 33.8 Å². The molecule has 242 valence electrons. The molecule has 0 radical (unpaired) electrons. The molecule has 3 aromatic carbocycles. The number of ether oxygens (including phenoxy) is 2. The first-order valence-electron chi connectivity index (χ1n) is 15.5. The van der Waals surface area contributed by atoms with Crippen molar-refractivity contribution in [2.75, 3.05) is 14.2 Å². The van der Waals surface area contributed by atoms with E-state index in [1.165, 1.54) is 23.3 Å². The average molecular weight is 621 g/mol. The molecule has 0 spiro atoms. The fraction of sp³-hybridized carbons (Fsp3) is 0.300. The Morgan fingerprint density at radius 2 is 0.957 bits per heavy atom. The molecule has 6 heteroatoms. The lowest BCUT2D eigenvalue weighted by molar-refractivity contribution is -0.117. The summed E-state index contributed by atoms with van der Waals surface area (Å²) < 4.78 is 11.1.